The summed E-state index contributed by atoms with van der Waals surface area (Å²) in [7, 11) is 0. The molecule has 0 fully saturated rings. The number of hydrogen-bond acceptors (Lipinski definition) is 3. The van der Waals surface area contributed by atoms with Crippen LogP contribution < -0.4 is 4.74 Å². The molecule has 1 atom stereocenters. The molecule has 0 bridgehead atoms. The normalized spacial score (nSPS) is 18.2. The van der Waals surface area contributed by atoms with E-state index in [2.05, 4.69) is 39.8 Å². The molecular formula is C24H30O4. The van der Waals surface area contributed by atoms with Gasteiger partial charge in [-0.25, -0.2) is 4.79 Å². The van der Waals surface area contributed by atoms with E-state index >= 15 is 0 Å². The minimum atomic E-state index is -0.978. The third-order valence-electron chi connectivity index (χ3n) is 6.05. The lowest BCUT2D eigenvalue weighted by Crippen LogP contribution is -2.34. The van der Waals surface area contributed by atoms with Crippen LogP contribution in [-0.2, 0) is 10.8 Å². The molecule has 1 aliphatic carbocycles. The van der Waals surface area contributed by atoms with Crippen molar-refractivity contribution >= 4 is 5.97 Å². The van der Waals surface area contributed by atoms with E-state index in [-0.39, 0.29) is 16.4 Å². The van der Waals surface area contributed by atoms with Crippen molar-refractivity contribution in [2.24, 2.45) is 0 Å². The van der Waals surface area contributed by atoms with E-state index in [1.165, 1.54) is 23.3 Å². The van der Waals surface area contributed by atoms with E-state index in [4.69, 9.17) is 9.84 Å². The number of aromatic carboxylic acids is 1. The zero-order valence-electron chi connectivity index (χ0n) is 17.4. The standard InChI is InChI=1S/C24H30O4/c1-6-28-20-14-19-18(23(2,3)11-12-24(19,4)5)13-17(20)21(25)15-7-9-16(10-8-15)22(26)27/h7-10,13-14,21,25H,6,11-12H2,1-5H3,(H,26,27). The Morgan fingerprint density at radius 2 is 1.57 bits per heavy atom. The van der Waals surface area contributed by atoms with Crippen molar-refractivity contribution in [3.63, 3.8) is 0 Å². The summed E-state index contributed by atoms with van der Waals surface area (Å²) in [5, 5.41) is 20.2. The van der Waals surface area contributed by atoms with Gasteiger partial charge in [0, 0.05) is 5.56 Å². The van der Waals surface area contributed by atoms with Crippen LogP contribution in [0.4, 0.5) is 0 Å². The number of carboxylic acids is 1. The van der Waals surface area contributed by atoms with E-state index in [1.807, 2.05) is 6.92 Å². The lowest BCUT2D eigenvalue weighted by molar-refractivity contribution is 0.0696. The third-order valence-corrected chi connectivity index (χ3v) is 6.05. The van der Waals surface area contributed by atoms with Crippen molar-refractivity contribution in [3.8, 4) is 5.75 Å². The van der Waals surface area contributed by atoms with Gasteiger partial charge < -0.3 is 14.9 Å². The number of ether oxygens (including phenoxy) is 1. The molecule has 0 aromatic heterocycles. The maximum Gasteiger partial charge on any atom is 0.335 e. The van der Waals surface area contributed by atoms with E-state index in [1.54, 1.807) is 12.1 Å². The smallest absolute Gasteiger partial charge is 0.335 e. The van der Waals surface area contributed by atoms with Gasteiger partial charge in [-0.05, 0) is 71.6 Å². The molecule has 2 aromatic carbocycles. The van der Waals surface area contributed by atoms with Crippen LogP contribution in [0.3, 0.4) is 0 Å². The fraction of sp³-hybridized carbons (Fsp3) is 0.458. The van der Waals surface area contributed by atoms with Gasteiger partial charge in [0.25, 0.3) is 0 Å². The number of rotatable bonds is 5. The second kappa shape index (κ2) is 7.25. The topological polar surface area (TPSA) is 66.8 Å². The van der Waals surface area contributed by atoms with Gasteiger partial charge in [0.05, 0.1) is 12.2 Å². The highest BCUT2D eigenvalue weighted by atomic mass is 16.5. The summed E-state index contributed by atoms with van der Waals surface area (Å²) in [5.41, 5.74) is 4.20. The number of aliphatic hydroxyl groups excluding tert-OH is 1. The Morgan fingerprint density at radius 1 is 1.04 bits per heavy atom. The number of carboxylic acid groups (broad SMARTS) is 1. The Kier molecular flexibility index (Phi) is 5.28. The van der Waals surface area contributed by atoms with Crippen LogP contribution in [-0.4, -0.2) is 22.8 Å². The van der Waals surface area contributed by atoms with Gasteiger partial charge in [-0.2, -0.15) is 0 Å². The first-order chi connectivity index (χ1) is 13.1. The summed E-state index contributed by atoms with van der Waals surface area (Å²) >= 11 is 0. The van der Waals surface area contributed by atoms with Gasteiger partial charge >= 0.3 is 5.97 Å². The van der Waals surface area contributed by atoms with Gasteiger partial charge in [0.15, 0.2) is 0 Å². The second-order valence-corrected chi connectivity index (χ2v) is 8.97. The fourth-order valence-corrected chi connectivity index (χ4v) is 4.09. The minimum Gasteiger partial charge on any atom is -0.493 e. The van der Waals surface area contributed by atoms with Gasteiger partial charge in [0.1, 0.15) is 11.9 Å². The minimum absolute atomic E-state index is 0.0250. The summed E-state index contributed by atoms with van der Waals surface area (Å²) in [4.78, 5) is 11.1. The first kappa shape index (κ1) is 20.4. The zero-order valence-corrected chi connectivity index (χ0v) is 17.4. The van der Waals surface area contributed by atoms with Crippen LogP contribution in [0.1, 0.15) is 86.2 Å². The molecule has 0 radical (unpaired) electrons. The molecule has 150 valence electrons. The summed E-state index contributed by atoms with van der Waals surface area (Å²) in [6.07, 6.45) is 1.32. The highest BCUT2D eigenvalue weighted by molar-refractivity contribution is 5.87. The van der Waals surface area contributed by atoms with Crippen LogP contribution in [0, 0.1) is 0 Å². The van der Waals surface area contributed by atoms with Crippen molar-refractivity contribution < 1.29 is 19.7 Å². The maximum absolute atomic E-state index is 11.1. The predicted molar refractivity (Wildman–Crippen MR) is 110 cm³/mol. The number of benzene rings is 2. The molecule has 0 amide bonds. The Balaban J connectivity index is 2.12. The molecule has 0 spiro atoms. The molecule has 1 aliphatic rings. The number of hydrogen-bond donors (Lipinski definition) is 2. The molecular weight excluding hydrogens is 352 g/mol. The van der Waals surface area contributed by atoms with Crippen LogP contribution in [0.2, 0.25) is 0 Å². The summed E-state index contributed by atoms with van der Waals surface area (Å²) in [6.45, 7) is 11.5. The van der Waals surface area contributed by atoms with Crippen molar-refractivity contribution in [1.82, 2.24) is 0 Å². The molecule has 0 heterocycles. The van der Waals surface area contributed by atoms with Crippen molar-refractivity contribution in [2.45, 2.75) is 64.4 Å². The van der Waals surface area contributed by atoms with Crippen LogP contribution in [0.5, 0.6) is 5.75 Å². The van der Waals surface area contributed by atoms with Crippen molar-refractivity contribution in [2.75, 3.05) is 6.61 Å². The Morgan fingerprint density at radius 3 is 2.07 bits per heavy atom. The fourth-order valence-electron chi connectivity index (χ4n) is 4.09. The molecule has 3 rings (SSSR count). The van der Waals surface area contributed by atoms with Crippen molar-refractivity contribution in [3.05, 3.63) is 64.2 Å². The van der Waals surface area contributed by atoms with Gasteiger partial charge in [0.2, 0.25) is 0 Å². The average molecular weight is 383 g/mol. The molecule has 1 unspecified atom stereocenters. The lowest BCUT2D eigenvalue weighted by atomic mass is 9.62. The molecule has 0 saturated heterocycles. The highest BCUT2D eigenvalue weighted by Gasteiger charge is 2.38. The molecule has 0 aliphatic heterocycles. The van der Waals surface area contributed by atoms with Crippen LogP contribution in [0.15, 0.2) is 36.4 Å². The number of carbonyl (C=O) groups is 1. The van der Waals surface area contributed by atoms with E-state index < -0.39 is 12.1 Å². The molecule has 0 saturated carbocycles. The largest absolute Gasteiger partial charge is 0.493 e. The van der Waals surface area contributed by atoms with Crippen LogP contribution >= 0.6 is 0 Å². The Bertz CT molecular complexity index is 878. The lowest BCUT2D eigenvalue weighted by Gasteiger charge is -2.42. The highest BCUT2D eigenvalue weighted by Crippen LogP contribution is 2.48. The molecule has 28 heavy (non-hydrogen) atoms. The summed E-state index contributed by atoms with van der Waals surface area (Å²) in [5.74, 6) is -0.282. The maximum atomic E-state index is 11.1. The molecule has 4 nitrogen and oxygen atoms in total. The molecule has 4 heteroatoms. The molecule has 2 N–H and O–H groups in total. The van der Waals surface area contributed by atoms with Crippen molar-refractivity contribution in [1.29, 1.82) is 0 Å². The van der Waals surface area contributed by atoms with Gasteiger partial charge in [-0.15, -0.1) is 0 Å². The van der Waals surface area contributed by atoms with Gasteiger partial charge in [-0.3, -0.25) is 0 Å². The van der Waals surface area contributed by atoms with E-state index in [9.17, 15) is 9.90 Å². The summed E-state index contributed by atoms with van der Waals surface area (Å²) in [6, 6.07) is 10.6. The molecule has 2 aromatic rings. The quantitative estimate of drug-likeness (QED) is 0.744. The van der Waals surface area contributed by atoms with Gasteiger partial charge in [-0.1, -0.05) is 39.8 Å². The first-order valence-corrected chi connectivity index (χ1v) is 9.90. The third kappa shape index (κ3) is 3.66. The number of aliphatic hydroxyl groups is 1. The average Bonchev–Trinajstić information content (AvgIpc) is 2.65. The SMILES string of the molecule is CCOc1cc2c(cc1C(O)c1ccc(C(=O)O)cc1)C(C)(C)CCC2(C)C. The second-order valence-electron chi connectivity index (χ2n) is 8.97. The zero-order chi connectivity index (χ0) is 20.7. The van der Waals surface area contributed by atoms with Crippen LogP contribution in [0.25, 0.3) is 0 Å². The monoisotopic (exact) mass is 382 g/mol. The number of fused-ring (bicyclic) bond motifs is 1. The Hall–Kier alpha value is -2.33. The predicted octanol–water partition coefficient (Wildman–Crippen LogP) is 5.21. The van der Waals surface area contributed by atoms with E-state index in [0.29, 0.717) is 17.9 Å². The Labute approximate surface area is 167 Å². The first-order valence-electron chi connectivity index (χ1n) is 9.90. The summed E-state index contributed by atoms with van der Waals surface area (Å²) < 4.78 is 5.92. The van der Waals surface area contributed by atoms with E-state index in [0.717, 1.165) is 18.4 Å².